The smallest absolute Gasteiger partial charge is 0.338 e. The molecule has 0 saturated carbocycles. The number of aromatic nitrogens is 1. The fourth-order valence-electron chi connectivity index (χ4n) is 4.45. The Balaban J connectivity index is 1.74. The molecule has 0 fully saturated rings. The molecule has 0 amide bonds. The predicted molar refractivity (Wildman–Crippen MR) is 132 cm³/mol. The maximum atomic E-state index is 13.1. The molecular weight excluding hydrogens is 460 g/mol. The summed E-state index contributed by atoms with van der Waals surface area (Å²) in [5, 5.41) is 20.2. The summed E-state index contributed by atoms with van der Waals surface area (Å²) < 4.78 is 11.2. The molecule has 178 valence electrons. The number of nitrogens with two attached hydrogens (primary N) is 1. The van der Waals surface area contributed by atoms with Crippen molar-refractivity contribution >= 4 is 17.7 Å². The summed E-state index contributed by atoms with van der Waals surface area (Å²) in [6.07, 6.45) is 5.15. The van der Waals surface area contributed by atoms with Gasteiger partial charge in [-0.05, 0) is 49.8 Å². The fourth-order valence-corrected chi connectivity index (χ4v) is 5.37. The number of carbonyl (C=O) groups excluding carboxylic acids is 1. The summed E-state index contributed by atoms with van der Waals surface area (Å²) in [6.45, 7) is 1.90. The molecular formula is C27H26N4O3S. The number of aryl methyl sites for hydroxylation is 2. The largest absolute Gasteiger partial charge is 0.463 e. The lowest BCUT2D eigenvalue weighted by Crippen LogP contribution is -2.27. The lowest BCUT2D eigenvalue weighted by Gasteiger charge is -2.28. The summed E-state index contributed by atoms with van der Waals surface area (Å²) in [6, 6.07) is 15.5. The third-order valence-electron chi connectivity index (χ3n) is 6.10. The quantitative estimate of drug-likeness (QED) is 0.356. The molecule has 4 rings (SSSR count). The molecule has 0 bridgehead atoms. The topological polar surface area (TPSA) is 122 Å². The van der Waals surface area contributed by atoms with Crippen LogP contribution >= 0.6 is 11.8 Å². The zero-order valence-electron chi connectivity index (χ0n) is 19.5. The second-order valence-electron chi connectivity index (χ2n) is 8.30. The Kier molecular flexibility index (Phi) is 7.74. The van der Waals surface area contributed by atoms with E-state index >= 15 is 0 Å². The van der Waals surface area contributed by atoms with Gasteiger partial charge >= 0.3 is 5.97 Å². The van der Waals surface area contributed by atoms with Crippen LogP contribution in [0.5, 0.6) is 0 Å². The molecule has 0 unspecified atom stereocenters. The molecule has 2 aliphatic rings. The van der Waals surface area contributed by atoms with Crippen molar-refractivity contribution in [2.24, 2.45) is 5.73 Å². The maximum absolute atomic E-state index is 13.1. The zero-order chi connectivity index (χ0) is 24.8. The van der Waals surface area contributed by atoms with Gasteiger partial charge in [-0.2, -0.15) is 10.5 Å². The van der Waals surface area contributed by atoms with Crippen LogP contribution in [0, 0.1) is 22.7 Å². The third-order valence-corrected chi connectivity index (χ3v) is 7.09. The second kappa shape index (κ2) is 11.1. The average Bonchev–Trinajstić information content (AvgIpc) is 3.11. The van der Waals surface area contributed by atoms with Gasteiger partial charge in [0.2, 0.25) is 5.88 Å². The molecule has 7 nitrogen and oxygen atoms in total. The SMILES string of the molecule is CCOC(=O)C1=C(CSc2nc3c(cc2C#N)CCCCC3)OC(N)=C(C#N)[C@H]1c1ccccc1. The second-order valence-corrected chi connectivity index (χ2v) is 9.26. The first-order valence-electron chi connectivity index (χ1n) is 11.7. The summed E-state index contributed by atoms with van der Waals surface area (Å²) in [5.74, 6) is -0.801. The number of carbonyl (C=O) groups is 1. The standard InChI is InChI=1S/C27H26N4O3S/c1-2-33-27(32)24-22(34-25(30)20(15-29)23(24)17-9-5-3-6-10-17)16-35-26-19(14-28)13-18-11-7-4-8-12-21(18)31-26/h3,5-6,9-10,13,23H,2,4,7-8,11-12,16,30H2,1H3/t23-/m1/s1. The average molecular weight is 487 g/mol. The Hall–Kier alpha value is -3.75. The van der Waals surface area contributed by atoms with Crippen LogP contribution in [0.4, 0.5) is 0 Å². The highest BCUT2D eigenvalue weighted by atomic mass is 32.2. The third kappa shape index (κ3) is 5.18. The van der Waals surface area contributed by atoms with E-state index in [9.17, 15) is 15.3 Å². The van der Waals surface area contributed by atoms with Gasteiger partial charge in [-0.3, -0.25) is 0 Å². The van der Waals surface area contributed by atoms with Crippen LogP contribution in [-0.2, 0) is 27.1 Å². The minimum absolute atomic E-state index is 0.0413. The number of allylic oxidation sites excluding steroid dienone is 1. The number of hydrogen-bond acceptors (Lipinski definition) is 8. The normalized spacial score (nSPS) is 17.5. The number of thioether (sulfide) groups is 1. The van der Waals surface area contributed by atoms with Gasteiger partial charge in [0, 0.05) is 5.69 Å². The number of rotatable bonds is 6. The molecule has 1 aromatic carbocycles. The van der Waals surface area contributed by atoms with Crippen molar-refractivity contribution < 1.29 is 14.3 Å². The number of ether oxygens (including phenoxy) is 2. The molecule has 0 spiro atoms. The van der Waals surface area contributed by atoms with E-state index < -0.39 is 11.9 Å². The highest BCUT2D eigenvalue weighted by Crippen LogP contribution is 2.41. The van der Waals surface area contributed by atoms with Crippen LogP contribution in [0.1, 0.15) is 54.5 Å². The molecule has 0 saturated heterocycles. The summed E-state index contributed by atoms with van der Waals surface area (Å²) >= 11 is 1.32. The molecule has 1 aliphatic heterocycles. The van der Waals surface area contributed by atoms with Crippen LogP contribution in [0.15, 0.2) is 64.2 Å². The van der Waals surface area contributed by atoms with Crippen molar-refractivity contribution in [2.75, 3.05) is 12.4 Å². The first-order chi connectivity index (χ1) is 17.1. The van der Waals surface area contributed by atoms with E-state index in [0.717, 1.165) is 48.9 Å². The van der Waals surface area contributed by atoms with Crippen LogP contribution < -0.4 is 5.73 Å². The van der Waals surface area contributed by atoms with Crippen molar-refractivity contribution in [3.05, 3.63) is 81.6 Å². The molecule has 1 atom stereocenters. The highest BCUT2D eigenvalue weighted by Gasteiger charge is 2.37. The van der Waals surface area contributed by atoms with Gasteiger partial charge < -0.3 is 15.2 Å². The van der Waals surface area contributed by atoms with Gasteiger partial charge in [-0.15, -0.1) is 0 Å². The zero-order valence-corrected chi connectivity index (χ0v) is 20.4. The lowest BCUT2D eigenvalue weighted by molar-refractivity contribution is -0.139. The van der Waals surface area contributed by atoms with Crippen molar-refractivity contribution in [3.8, 4) is 12.1 Å². The van der Waals surface area contributed by atoms with Crippen molar-refractivity contribution in [1.82, 2.24) is 4.98 Å². The van der Waals surface area contributed by atoms with Crippen LogP contribution in [0.3, 0.4) is 0 Å². The van der Waals surface area contributed by atoms with Gasteiger partial charge in [0.25, 0.3) is 0 Å². The van der Waals surface area contributed by atoms with E-state index in [1.807, 2.05) is 36.4 Å². The summed E-state index contributed by atoms with van der Waals surface area (Å²) in [4.78, 5) is 17.9. The Morgan fingerprint density at radius 1 is 1.20 bits per heavy atom. The van der Waals surface area contributed by atoms with Crippen molar-refractivity contribution in [2.45, 2.75) is 50.0 Å². The molecule has 1 aliphatic carbocycles. The van der Waals surface area contributed by atoms with Crippen LogP contribution in [0.25, 0.3) is 0 Å². The number of fused-ring (bicyclic) bond motifs is 1. The number of hydrogen-bond donors (Lipinski definition) is 1. The number of pyridine rings is 1. The first-order valence-corrected chi connectivity index (χ1v) is 12.6. The maximum Gasteiger partial charge on any atom is 0.338 e. The van der Waals surface area contributed by atoms with Gasteiger partial charge in [0.15, 0.2) is 0 Å². The highest BCUT2D eigenvalue weighted by molar-refractivity contribution is 7.99. The Bertz CT molecular complexity index is 1270. The number of esters is 1. The molecule has 0 radical (unpaired) electrons. The van der Waals surface area contributed by atoms with Gasteiger partial charge in [0.05, 0.1) is 29.4 Å². The van der Waals surface area contributed by atoms with Crippen molar-refractivity contribution in [1.29, 1.82) is 10.5 Å². The molecule has 2 N–H and O–H groups in total. The minimum Gasteiger partial charge on any atom is -0.463 e. The van der Waals surface area contributed by atoms with Crippen LogP contribution in [-0.4, -0.2) is 23.3 Å². The molecule has 8 heteroatoms. The minimum atomic E-state index is -0.708. The van der Waals surface area contributed by atoms with Gasteiger partial charge in [0.1, 0.15) is 28.5 Å². The Morgan fingerprint density at radius 2 is 1.97 bits per heavy atom. The number of benzene rings is 1. The predicted octanol–water partition coefficient (Wildman–Crippen LogP) is 4.64. The fraction of sp³-hybridized carbons (Fsp3) is 0.333. The molecule has 35 heavy (non-hydrogen) atoms. The van der Waals surface area contributed by atoms with E-state index in [1.165, 1.54) is 11.8 Å². The lowest BCUT2D eigenvalue weighted by atomic mass is 9.83. The van der Waals surface area contributed by atoms with Crippen molar-refractivity contribution in [3.63, 3.8) is 0 Å². The van der Waals surface area contributed by atoms with E-state index in [1.54, 1.807) is 6.92 Å². The van der Waals surface area contributed by atoms with E-state index in [-0.39, 0.29) is 29.4 Å². The summed E-state index contributed by atoms with van der Waals surface area (Å²) in [5.41, 5.74) is 9.96. The molecule has 1 aromatic heterocycles. The van der Waals surface area contributed by atoms with Gasteiger partial charge in [-0.1, -0.05) is 48.5 Å². The van der Waals surface area contributed by atoms with Crippen LogP contribution in [0.2, 0.25) is 0 Å². The number of nitrogens with zero attached hydrogens (tertiary/aromatic N) is 3. The first kappa shape index (κ1) is 24.4. The molecule has 2 heterocycles. The van der Waals surface area contributed by atoms with E-state index in [0.29, 0.717) is 16.3 Å². The number of nitriles is 2. The van der Waals surface area contributed by atoms with E-state index in [2.05, 4.69) is 12.1 Å². The van der Waals surface area contributed by atoms with Gasteiger partial charge in [-0.25, -0.2) is 9.78 Å². The Labute approximate surface area is 209 Å². The Morgan fingerprint density at radius 3 is 2.69 bits per heavy atom. The monoisotopic (exact) mass is 486 g/mol. The molecule has 2 aromatic rings. The van der Waals surface area contributed by atoms with E-state index in [4.69, 9.17) is 20.2 Å². The summed E-state index contributed by atoms with van der Waals surface area (Å²) in [7, 11) is 0.